The average molecular weight is 386 g/mol. The highest BCUT2D eigenvalue weighted by Gasteiger charge is 2.16. The number of nitrogens with one attached hydrogen (secondary N) is 1. The Morgan fingerprint density at radius 1 is 1.16 bits per heavy atom. The molecule has 0 aliphatic carbocycles. The van der Waals surface area contributed by atoms with Gasteiger partial charge in [0.15, 0.2) is 11.5 Å². The van der Waals surface area contributed by atoms with E-state index in [1.54, 1.807) is 6.07 Å². The maximum atomic E-state index is 12.5. The molecular formula is C15H11Cl2F2N5O. The van der Waals surface area contributed by atoms with Gasteiger partial charge in [-0.1, -0.05) is 41.4 Å². The first-order chi connectivity index (χ1) is 11.9. The Hall–Kier alpha value is -2.45. The van der Waals surface area contributed by atoms with Crippen LogP contribution in [0.2, 0.25) is 10.0 Å². The van der Waals surface area contributed by atoms with E-state index in [1.165, 1.54) is 16.9 Å². The fraction of sp³-hybridized carbons (Fsp3) is 0.133. The summed E-state index contributed by atoms with van der Waals surface area (Å²) in [5.41, 5.74) is 0.661. The van der Waals surface area contributed by atoms with Gasteiger partial charge in [0.2, 0.25) is 0 Å². The van der Waals surface area contributed by atoms with E-state index in [0.717, 1.165) is 11.8 Å². The van der Waals surface area contributed by atoms with Crippen LogP contribution in [0.1, 0.15) is 22.6 Å². The van der Waals surface area contributed by atoms with Crippen molar-refractivity contribution in [1.29, 1.82) is 0 Å². The maximum Gasteiger partial charge on any atom is 0.333 e. The Labute approximate surface area is 151 Å². The predicted molar refractivity (Wildman–Crippen MR) is 89.2 cm³/mol. The average Bonchev–Trinajstić information content (AvgIpc) is 3.17. The number of carbonyl (C=O) groups excluding carboxylic acids is 1. The molecule has 0 unspecified atom stereocenters. The second-order valence-electron chi connectivity index (χ2n) is 5.03. The molecule has 0 aliphatic rings. The molecule has 1 amide bonds. The number of carbonyl (C=O) groups is 1. The summed E-state index contributed by atoms with van der Waals surface area (Å²) in [4.78, 5) is 12.1. The number of aromatic nitrogens is 4. The van der Waals surface area contributed by atoms with Crippen molar-refractivity contribution in [2.45, 2.75) is 13.1 Å². The molecule has 130 valence electrons. The third-order valence-corrected chi connectivity index (χ3v) is 3.93. The molecule has 6 nitrogen and oxygen atoms in total. The van der Waals surface area contributed by atoms with Crippen LogP contribution in [0.15, 0.2) is 42.7 Å². The minimum absolute atomic E-state index is 0.102. The minimum Gasteiger partial charge on any atom is -0.302 e. The number of nitrogens with zero attached hydrogens (tertiary/aromatic N) is 4. The Morgan fingerprint density at radius 2 is 1.92 bits per heavy atom. The number of rotatable bonds is 5. The van der Waals surface area contributed by atoms with E-state index in [4.69, 9.17) is 23.2 Å². The van der Waals surface area contributed by atoms with Gasteiger partial charge in [-0.15, -0.1) is 0 Å². The summed E-state index contributed by atoms with van der Waals surface area (Å²) in [6.07, 6.45) is 2.54. The van der Waals surface area contributed by atoms with Gasteiger partial charge < -0.3 is 5.32 Å². The van der Waals surface area contributed by atoms with Crippen molar-refractivity contribution in [3.8, 4) is 0 Å². The van der Waals surface area contributed by atoms with Crippen LogP contribution in [0.25, 0.3) is 0 Å². The van der Waals surface area contributed by atoms with E-state index < -0.39 is 12.5 Å². The summed E-state index contributed by atoms with van der Waals surface area (Å²) in [6.45, 7) is -2.46. The molecule has 0 bridgehead atoms. The van der Waals surface area contributed by atoms with Crippen molar-refractivity contribution < 1.29 is 13.6 Å². The highest BCUT2D eigenvalue weighted by molar-refractivity contribution is 6.33. The number of halogens is 4. The van der Waals surface area contributed by atoms with E-state index in [2.05, 4.69) is 15.5 Å². The number of benzene rings is 1. The second-order valence-corrected chi connectivity index (χ2v) is 5.84. The molecule has 3 rings (SSSR count). The fourth-order valence-electron chi connectivity index (χ4n) is 2.10. The summed E-state index contributed by atoms with van der Waals surface area (Å²) < 4.78 is 26.9. The van der Waals surface area contributed by atoms with Crippen LogP contribution in [0.3, 0.4) is 0 Å². The van der Waals surface area contributed by atoms with Crippen molar-refractivity contribution in [3.05, 3.63) is 64.0 Å². The zero-order chi connectivity index (χ0) is 18.0. The Morgan fingerprint density at radius 3 is 2.60 bits per heavy atom. The molecule has 1 N–H and O–H groups in total. The van der Waals surface area contributed by atoms with E-state index in [9.17, 15) is 13.6 Å². The molecule has 2 heterocycles. The predicted octanol–water partition coefficient (Wildman–Crippen LogP) is 4.08. The van der Waals surface area contributed by atoms with Crippen molar-refractivity contribution in [2.75, 3.05) is 5.32 Å². The van der Waals surface area contributed by atoms with Crippen LogP contribution in [0.5, 0.6) is 0 Å². The third kappa shape index (κ3) is 3.97. The molecule has 2 aromatic heterocycles. The number of alkyl halides is 2. The highest BCUT2D eigenvalue weighted by Crippen LogP contribution is 2.22. The molecule has 0 fully saturated rings. The number of amides is 1. The summed E-state index contributed by atoms with van der Waals surface area (Å²) >= 11 is 12.2. The molecule has 25 heavy (non-hydrogen) atoms. The van der Waals surface area contributed by atoms with Crippen LogP contribution in [0.4, 0.5) is 14.6 Å². The van der Waals surface area contributed by atoms with Gasteiger partial charge in [-0.3, -0.25) is 9.48 Å². The molecule has 0 spiro atoms. The first-order valence-corrected chi connectivity index (χ1v) is 7.80. The summed E-state index contributed by atoms with van der Waals surface area (Å²) in [6, 6.07) is 8.42. The van der Waals surface area contributed by atoms with Crippen LogP contribution < -0.4 is 5.32 Å². The second kappa shape index (κ2) is 7.20. The maximum absolute atomic E-state index is 12.5. The van der Waals surface area contributed by atoms with E-state index in [-0.39, 0.29) is 16.5 Å². The van der Waals surface area contributed by atoms with E-state index >= 15 is 0 Å². The van der Waals surface area contributed by atoms with Gasteiger partial charge in [-0.25, -0.2) is 4.68 Å². The third-order valence-electron chi connectivity index (χ3n) is 3.28. The Balaban J connectivity index is 1.74. The normalized spacial score (nSPS) is 11.1. The van der Waals surface area contributed by atoms with Crippen LogP contribution in [-0.2, 0) is 6.54 Å². The monoisotopic (exact) mass is 385 g/mol. The lowest BCUT2D eigenvalue weighted by Crippen LogP contribution is -2.14. The smallest absolute Gasteiger partial charge is 0.302 e. The lowest BCUT2D eigenvalue weighted by molar-refractivity contribution is 0.0561. The van der Waals surface area contributed by atoms with Crippen LogP contribution >= 0.6 is 23.2 Å². The van der Waals surface area contributed by atoms with Gasteiger partial charge in [0.1, 0.15) is 5.02 Å². The topological polar surface area (TPSA) is 64.7 Å². The first kappa shape index (κ1) is 17.4. The van der Waals surface area contributed by atoms with E-state index in [1.807, 2.05) is 18.2 Å². The first-order valence-electron chi connectivity index (χ1n) is 7.05. The van der Waals surface area contributed by atoms with Crippen molar-refractivity contribution in [3.63, 3.8) is 0 Å². The molecule has 0 atom stereocenters. The molecular weight excluding hydrogens is 375 g/mol. The Bertz CT molecular complexity index is 909. The van der Waals surface area contributed by atoms with E-state index in [0.29, 0.717) is 16.2 Å². The minimum atomic E-state index is -2.82. The fourth-order valence-corrected chi connectivity index (χ4v) is 2.50. The molecule has 10 heteroatoms. The summed E-state index contributed by atoms with van der Waals surface area (Å²) in [7, 11) is 0. The molecule has 0 aliphatic heterocycles. The largest absolute Gasteiger partial charge is 0.333 e. The van der Waals surface area contributed by atoms with Gasteiger partial charge in [0.05, 0.1) is 6.54 Å². The van der Waals surface area contributed by atoms with Crippen molar-refractivity contribution in [2.24, 2.45) is 0 Å². The van der Waals surface area contributed by atoms with Crippen LogP contribution in [0, 0.1) is 0 Å². The standard InChI is InChI=1S/C15H11Cl2F2N5O/c16-10-4-2-1-3-9(10)7-23-8-11(17)13(22-23)20-14(25)12-5-6-24(21-12)15(18)19/h1-6,8,15H,7H2,(H,20,22,25). The zero-order valence-electron chi connectivity index (χ0n) is 12.5. The SMILES string of the molecule is O=C(Nc1nn(Cc2ccccc2Cl)cc1Cl)c1ccn(C(F)F)n1. The number of anilines is 1. The quantitative estimate of drug-likeness (QED) is 0.719. The van der Waals surface area contributed by atoms with Gasteiger partial charge in [-0.2, -0.15) is 19.0 Å². The molecule has 0 saturated carbocycles. The molecule has 1 aromatic carbocycles. The molecule has 0 radical (unpaired) electrons. The molecule has 0 saturated heterocycles. The number of hydrogen-bond donors (Lipinski definition) is 1. The van der Waals surface area contributed by atoms with Crippen LogP contribution in [-0.4, -0.2) is 25.5 Å². The lowest BCUT2D eigenvalue weighted by atomic mass is 10.2. The lowest BCUT2D eigenvalue weighted by Gasteiger charge is -2.04. The number of hydrogen-bond acceptors (Lipinski definition) is 3. The van der Waals surface area contributed by atoms with Gasteiger partial charge in [0.25, 0.3) is 5.91 Å². The van der Waals surface area contributed by atoms with Gasteiger partial charge in [0, 0.05) is 17.4 Å². The molecule has 3 aromatic rings. The van der Waals surface area contributed by atoms with Gasteiger partial charge >= 0.3 is 6.55 Å². The summed E-state index contributed by atoms with van der Waals surface area (Å²) in [5.74, 6) is -0.588. The van der Waals surface area contributed by atoms with Gasteiger partial charge in [-0.05, 0) is 17.7 Å². The van der Waals surface area contributed by atoms with Crippen molar-refractivity contribution >= 4 is 34.9 Å². The summed E-state index contributed by atoms with van der Waals surface area (Å²) in [5, 5.41) is 10.9. The Kier molecular flexibility index (Phi) is 5.00. The van der Waals surface area contributed by atoms with Crippen molar-refractivity contribution in [1.82, 2.24) is 19.6 Å². The highest BCUT2D eigenvalue weighted by atomic mass is 35.5. The zero-order valence-corrected chi connectivity index (χ0v) is 14.0.